The zero-order valence-electron chi connectivity index (χ0n) is 18.6. The van der Waals surface area contributed by atoms with Gasteiger partial charge in [-0.3, -0.25) is 19.7 Å². The number of hydrazone groups is 1. The Kier molecular flexibility index (Phi) is 5.65. The van der Waals surface area contributed by atoms with Gasteiger partial charge in [0.1, 0.15) is 5.76 Å². The number of hydrogen-bond donors (Lipinski definition) is 2. The number of aryl methyl sites for hydroxylation is 1. The lowest BCUT2D eigenvalue weighted by Crippen LogP contribution is -2.22. The summed E-state index contributed by atoms with van der Waals surface area (Å²) in [4.78, 5) is 35.7. The van der Waals surface area contributed by atoms with Crippen LogP contribution in [-0.4, -0.2) is 29.2 Å². The van der Waals surface area contributed by atoms with Gasteiger partial charge in [0.25, 0.3) is 17.5 Å². The lowest BCUT2D eigenvalue weighted by molar-refractivity contribution is -0.384. The first-order valence-electron chi connectivity index (χ1n) is 10.9. The van der Waals surface area contributed by atoms with Gasteiger partial charge < -0.3 is 19.2 Å². The predicted molar refractivity (Wildman–Crippen MR) is 124 cm³/mol. The van der Waals surface area contributed by atoms with Crippen LogP contribution in [0.2, 0.25) is 0 Å². The topological polar surface area (TPSA) is 145 Å². The highest BCUT2D eigenvalue weighted by Gasteiger charge is 2.28. The number of non-ortho nitro benzene ring substituents is 1. The molecule has 2 heterocycles. The van der Waals surface area contributed by atoms with Gasteiger partial charge in [-0.2, -0.15) is 5.10 Å². The maximum Gasteiger partial charge on any atom is 0.291 e. The number of amides is 2. The zero-order valence-corrected chi connectivity index (χ0v) is 18.6. The average molecular weight is 476 g/mol. The summed E-state index contributed by atoms with van der Waals surface area (Å²) < 4.78 is 16.5. The van der Waals surface area contributed by atoms with Crippen LogP contribution in [0.3, 0.4) is 0 Å². The fourth-order valence-corrected chi connectivity index (χ4v) is 4.08. The van der Waals surface area contributed by atoms with E-state index < -0.39 is 16.7 Å². The number of rotatable bonds is 5. The number of nitro groups is 1. The van der Waals surface area contributed by atoms with E-state index in [-0.39, 0.29) is 23.8 Å². The summed E-state index contributed by atoms with van der Waals surface area (Å²) in [5.74, 6) is 1.06. The molecule has 0 saturated heterocycles. The maximum atomic E-state index is 13.0. The molecule has 178 valence electrons. The van der Waals surface area contributed by atoms with Gasteiger partial charge in [-0.1, -0.05) is 0 Å². The largest absolute Gasteiger partial charge is 0.455 e. The first kappa shape index (κ1) is 22.1. The van der Waals surface area contributed by atoms with E-state index in [0.717, 1.165) is 6.42 Å². The second kappa shape index (κ2) is 8.93. The van der Waals surface area contributed by atoms with Crippen molar-refractivity contribution in [2.75, 3.05) is 12.1 Å². The van der Waals surface area contributed by atoms with Gasteiger partial charge in [0.05, 0.1) is 10.6 Å². The third-order valence-electron chi connectivity index (χ3n) is 5.80. The Hall–Kier alpha value is -4.67. The van der Waals surface area contributed by atoms with Crippen LogP contribution in [-0.2, 0) is 6.42 Å². The standard InChI is InChI=1S/C24H20N4O7/c1-13-21-17(26-27-23(29)14-5-8-16(9-6-14)28(31)32)3-2-4-19(21)35-22(13)24(30)25-15-7-10-18-20(11-15)34-12-33-18/h5-11H,2-4,12H2,1H3,(H,25,30)(H,27,29)/b26-17+. The average Bonchev–Trinajstić information content (AvgIpc) is 3.46. The number of nitrogens with one attached hydrogen (secondary N) is 2. The van der Waals surface area contributed by atoms with Crippen LogP contribution in [0.25, 0.3) is 0 Å². The lowest BCUT2D eigenvalue weighted by atomic mass is 9.93. The second-order valence-electron chi connectivity index (χ2n) is 8.03. The third kappa shape index (κ3) is 4.31. The molecule has 0 atom stereocenters. The van der Waals surface area contributed by atoms with Gasteiger partial charge in [-0.25, -0.2) is 5.43 Å². The Labute approximate surface area is 198 Å². The number of ether oxygens (including phenoxy) is 2. The summed E-state index contributed by atoms with van der Waals surface area (Å²) in [6, 6.07) is 10.3. The molecule has 0 unspecified atom stereocenters. The molecule has 11 heteroatoms. The number of nitro benzene ring substituents is 1. The summed E-state index contributed by atoms with van der Waals surface area (Å²) >= 11 is 0. The van der Waals surface area contributed by atoms with Crippen LogP contribution < -0.4 is 20.2 Å². The van der Waals surface area contributed by atoms with Crippen molar-refractivity contribution in [3.05, 3.63) is 80.8 Å². The summed E-state index contributed by atoms with van der Waals surface area (Å²) in [7, 11) is 0. The van der Waals surface area contributed by atoms with Crippen molar-refractivity contribution in [1.82, 2.24) is 5.43 Å². The number of benzene rings is 2. The molecule has 0 radical (unpaired) electrons. The highest BCUT2D eigenvalue weighted by atomic mass is 16.7. The van der Waals surface area contributed by atoms with Crippen molar-refractivity contribution in [3.8, 4) is 11.5 Å². The van der Waals surface area contributed by atoms with Crippen LogP contribution in [0.5, 0.6) is 11.5 Å². The molecule has 3 aromatic rings. The van der Waals surface area contributed by atoms with Crippen LogP contribution >= 0.6 is 0 Å². The van der Waals surface area contributed by atoms with E-state index in [4.69, 9.17) is 13.9 Å². The normalized spacial score (nSPS) is 14.9. The van der Waals surface area contributed by atoms with Crippen molar-refractivity contribution >= 4 is 28.9 Å². The minimum Gasteiger partial charge on any atom is -0.455 e. The molecular weight excluding hydrogens is 456 g/mol. The number of furan rings is 1. The zero-order chi connectivity index (χ0) is 24.5. The Morgan fingerprint density at radius 3 is 2.57 bits per heavy atom. The molecule has 2 aliphatic rings. The molecule has 1 aliphatic heterocycles. The molecule has 2 amide bonds. The van der Waals surface area contributed by atoms with Gasteiger partial charge in [-0.05, 0) is 44.0 Å². The monoisotopic (exact) mass is 476 g/mol. The van der Waals surface area contributed by atoms with E-state index in [1.807, 2.05) is 0 Å². The van der Waals surface area contributed by atoms with Crippen molar-refractivity contribution < 1.29 is 28.4 Å². The molecule has 0 fully saturated rings. The van der Waals surface area contributed by atoms with Gasteiger partial charge in [0.2, 0.25) is 6.79 Å². The number of fused-ring (bicyclic) bond motifs is 2. The van der Waals surface area contributed by atoms with E-state index in [9.17, 15) is 19.7 Å². The number of carbonyl (C=O) groups is 2. The van der Waals surface area contributed by atoms with E-state index in [1.165, 1.54) is 24.3 Å². The molecule has 2 aromatic carbocycles. The molecule has 1 aliphatic carbocycles. The number of nitrogens with zero attached hydrogens (tertiary/aromatic N) is 2. The van der Waals surface area contributed by atoms with E-state index >= 15 is 0 Å². The highest BCUT2D eigenvalue weighted by Crippen LogP contribution is 2.35. The van der Waals surface area contributed by atoms with Gasteiger partial charge in [0.15, 0.2) is 17.3 Å². The van der Waals surface area contributed by atoms with Gasteiger partial charge in [0, 0.05) is 47.0 Å². The maximum absolute atomic E-state index is 13.0. The number of anilines is 1. The summed E-state index contributed by atoms with van der Waals surface area (Å²) in [5, 5.41) is 17.9. The van der Waals surface area contributed by atoms with E-state index in [1.54, 1.807) is 25.1 Å². The fourth-order valence-electron chi connectivity index (χ4n) is 4.08. The van der Waals surface area contributed by atoms with Crippen LogP contribution in [0.15, 0.2) is 52.0 Å². The smallest absolute Gasteiger partial charge is 0.291 e. The lowest BCUT2D eigenvalue weighted by Gasteiger charge is -2.13. The minimum absolute atomic E-state index is 0.106. The molecule has 0 bridgehead atoms. The summed E-state index contributed by atoms with van der Waals surface area (Å²) in [6.07, 6.45) is 1.98. The van der Waals surface area contributed by atoms with Gasteiger partial charge in [-0.15, -0.1) is 0 Å². The third-order valence-corrected chi connectivity index (χ3v) is 5.80. The van der Waals surface area contributed by atoms with E-state index in [2.05, 4.69) is 15.8 Å². The quantitative estimate of drug-likeness (QED) is 0.419. The number of carbonyl (C=O) groups excluding carboxylic acids is 2. The number of hydrogen-bond acceptors (Lipinski definition) is 8. The van der Waals surface area contributed by atoms with Crippen molar-refractivity contribution in [2.45, 2.75) is 26.2 Å². The van der Waals surface area contributed by atoms with Crippen molar-refractivity contribution in [1.29, 1.82) is 0 Å². The second-order valence-corrected chi connectivity index (χ2v) is 8.03. The first-order chi connectivity index (χ1) is 16.9. The molecule has 11 nitrogen and oxygen atoms in total. The fraction of sp³-hybridized carbons (Fsp3) is 0.208. The SMILES string of the molecule is Cc1c(C(=O)Nc2ccc3c(c2)OCO3)oc2c1/C(=N/NC(=O)c1ccc([N+](=O)[O-])cc1)CCC2. The minimum atomic E-state index is -0.534. The Morgan fingerprint density at radius 2 is 1.80 bits per heavy atom. The Morgan fingerprint density at radius 1 is 1.03 bits per heavy atom. The first-order valence-corrected chi connectivity index (χ1v) is 10.9. The van der Waals surface area contributed by atoms with Gasteiger partial charge >= 0.3 is 0 Å². The Bertz CT molecular complexity index is 1380. The molecule has 0 spiro atoms. The van der Waals surface area contributed by atoms with E-state index in [0.29, 0.717) is 52.6 Å². The molecule has 35 heavy (non-hydrogen) atoms. The Balaban J connectivity index is 1.34. The van der Waals surface area contributed by atoms with Crippen molar-refractivity contribution in [3.63, 3.8) is 0 Å². The molecule has 2 N–H and O–H groups in total. The molecule has 1 aromatic heterocycles. The molecule has 5 rings (SSSR count). The molecule has 0 saturated carbocycles. The highest BCUT2D eigenvalue weighted by molar-refractivity contribution is 6.09. The van der Waals surface area contributed by atoms with Crippen molar-refractivity contribution in [2.24, 2.45) is 5.10 Å². The predicted octanol–water partition coefficient (Wildman–Crippen LogP) is 3.95. The summed E-state index contributed by atoms with van der Waals surface area (Å²) in [6.45, 7) is 1.91. The van der Waals surface area contributed by atoms with Crippen LogP contribution in [0.4, 0.5) is 11.4 Å². The van der Waals surface area contributed by atoms with Crippen LogP contribution in [0.1, 0.15) is 50.6 Å². The summed E-state index contributed by atoms with van der Waals surface area (Å²) in [5.41, 5.74) is 5.10. The molecular formula is C24H20N4O7. The van der Waals surface area contributed by atoms with Crippen LogP contribution in [0, 0.1) is 17.0 Å².